The summed E-state index contributed by atoms with van der Waals surface area (Å²) in [6.07, 6.45) is 0.800. The maximum absolute atomic E-state index is 12.2. The Balaban J connectivity index is 3.06. The van der Waals surface area contributed by atoms with Gasteiger partial charge >= 0.3 is 0 Å². The second kappa shape index (κ2) is 4.18. The van der Waals surface area contributed by atoms with Crippen molar-refractivity contribution in [3.63, 3.8) is 0 Å². The van der Waals surface area contributed by atoms with Gasteiger partial charge in [-0.3, -0.25) is 9.36 Å². The van der Waals surface area contributed by atoms with Crippen LogP contribution in [0.1, 0.15) is 24.5 Å². The molecule has 2 N–H and O–H groups in total. The van der Waals surface area contributed by atoms with Gasteiger partial charge in [-0.1, -0.05) is 6.92 Å². The fourth-order valence-electron chi connectivity index (χ4n) is 2.28. The molecule has 0 aliphatic rings. The van der Waals surface area contributed by atoms with Crippen LogP contribution in [0.4, 0.5) is 5.82 Å². The average molecular weight is 245 g/mol. The minimum Gasteiger partial charge on any atom is -0.382 e. The van der Waals surface area contributed by atoms with Gasteiger partial charge in [-0.25, -0.2) is 4.68 Å². The molecule has 0 saturated carbocycles. The summed E-state index contributed by atoms with van der Waals surface area (Å²) in [5.41, 5.74) is 7.02. The first-order chi connectivity index (χ1) is 8.52. The SMILES string of the molecule is CCCn1c(=O)c(C#N)c(C)c2c(N)nn(C)c21. The highest BCUT2D eigenvalue weighted by molar-refractivity contribution is 5.91. The number of rotatable bonds is 2. The van der Waals surface area contributed by atoms with Crippen LogP contribution in [-0.2, 0) is 13.6 Å². The largest absolute Gasteiger partial charge is 0.382 e. The van der Waals surface area contributed by atoms with Crippen molar-refractivity contribution in [1.29, 1.82) is 5.26 Å². The van der Waals surface area contributed by atoms with Crippen molar-refractivity contribution < 1.29 is 0 Å². The van der Waals surface area contributed by atoms with E-state index in [2.05, 4.69) is 5.10 Å². The highest BCUT2D eigenvalue weighted by atomic mass is 16.1. The third-order valence-corrected chi connectivity index (χ3v) is 3.07. The van der Waals surface area contributed by atoms with E-state index in [0.717, 1.165) is 6.42 Å². The Hall–Kier alpha value is -2.29. The zero-order valence-electron chi connectivity index (χ0n) is 10.7. The highest BCUT2D eigenvalue weighted by Crippen LogP contribution is 2.24. The number of nitrogen functional groups attached to an aromatic ring is 1. The molecule has 0 fully saturated rings. The molecule has 94 valence electrons. The number of anilines is 1. The number of nitrogens with zero attached hydrogens (tertiary/aromatic N) is 4. The van der Waals surface area contributed by atoms with Gasteiger partial charge in [0.1, 0.15) is 17.3 Å². The monoisotopic (exact) mass is 245 g/mol. The molecule has 18 heavy (non-hydrogen) atoms. The molecular formula is C12H15N5O. The lowest BCUT2D eigenvalue weighted by Gasteiger charge is -2.10. The molecule has 0 aromatic carbocycles. The van der Waals surface area contributed by atoms with Gasteiger partial charge in [0.05, 0.1) is 5.39 Å². The lowest BCUT2D eigenvalue weighted by Crippen LogP contribution is -2.25. The van der Waals surface area contributed by atoms with Gasteiger partial charge in [0.25, 0.3) is 5.56 Å². The second-order valence-electron chi connectivity index (χ2n) is 4.28. The van der Waals surface area contributed by atoms with Crippen LogP contribution in [0.25, 0.3) is 11.0 Å². The molecule has 0 aliphatic carbocycles. The van der Waals surface area contributed by atoms with Crippen LogP contribution in [-0.4, -0.2) is 14.3 Å². The first kappa shape index (κ1) is 12.2. The number of hydrogen-bond acceptors (Lipinski definition) is 4. The van der Waals surface area contributed by atoms with E-state index in [-0.39, 0.29) is 11.1 Å². The van der Waals surface area contributed by atoms with Gasteiger partial charge in [0.2, 0.25) is 0 Å². The second-order valence-corrected chi connectivity index (χ2v) is 4.28. The summed E-state index contributed by atoms with van der Waals surface area (Å²) in [7, 11) is 1.75. The van der Waals surface area contributed by atoms with Crippen molar-refractivity contribution in [1.82, 2.24) is 14.3 Å². The Morgan fingerprint density at radius 1 is 1.50 bits per heavy atom. The molecule has 0 spiro atoms. The van der Waals surface area contributed by atoms with Gasteiger partial charge in [-0.15, -0.1) is 0 Å². The van der Waals surface area contributed by atoms with Crippen molar-refractivity contribution >= 4 is 16.9 Å². The normalized spacial score (nSPS) is 10.8. The van der Waals surface area contributed by atoms with Crippen LogP contribution in [0, 0.1) is 18.3 Å². The molecule has 6 heteroatoms. The Bertz CT molecular complexity index is 717. The summed E-state index contributed by atoms with van der Waals surface area (Å²) in [6.45, 7) is 4.25. The average Bonchev–Trinajstić information content (AvgIpc) is 2.61. The first-order valence-electron chi connectivity index (χ1n) is 5.78. The maximum Gasteiger partial charge on any atom is 0.270 e. The lowest BCUT2D eigenvalue weighted by atomic mass is 10.1. The van der Waals surface area contributed by atoms with Crippen LogP contribution in [0.15, 0.2) is 4.79 Å². The van der Waals surface area contributed by atoms with Crippen LogP contribution in [0.2, 0.25) is 0 Å². The molecule has 0 atom stereocenters. The fourth-order valence-corrected chi connectivity index (χ4v) is 2.28. The van der Waals surface area contributed by atoms with E-state index in [1.54, 1.807) is 23.2 Å². The summed E-state index contributed by atoms with van der Waals surface area (Å²) in [5, 5.41) is 13.9. The summed E-state index contributed by atoms with van der Waals surface area (Å²) < 4.78 is 3.17. The molecule has 2 aromatic rings. The standard InChI is InChI=1S/C12H15N5O/c1-4-5-17-11-9(10(14)15-16(11)3)7(2)8(6-13)12(17)18/h4-5H2,1-3H3,(H2,14,15). The van der Waals surface area contributed by atoms with Crippen molar-refractivity contribution in [3.05, 3.63) is 21.5 Å². The molecule has 0 unspecified atom stereocenters. The number of aromatic nitrogens is 3. The van der Waals surface area contributed by atoms with Crippen molar-refractivity contribution in [3.8, 4) is 6.07 Å². The Morgan fingerprint density at radius 2 is 2.17 bits per heavy atom. The summed E-state index contributed by atoms with van der Waals surface area (Å²) >= 11 is 0. The zero-order valence-corrected chi connectivity index (χ0v) is 10.7. The predicted octanol–water partition coefficient (Wildman–Crippen LogP) is 0.907. The first-order valence-corrected chi connectivity index (χ1v) is 5.78. The Morgan fingerprint density at radius 3 is 2.72 bits per heavy atom. The van der Waals surface area contributed by atoms with Gasteiger partial charge in [0.15, 0.2) is 5.82 Å². The molecule has 0 aliphatic heterocycles. The molecule has 0 amide bonds. The van der Waals surface area contributed by atoms with E-state index in [9.17, 15) is 4.79 Å². The topological polar surface area (TPSA) is 89.6 Å². The van der Waals surface area contributed by atoms with Crippen LogP contribution in [0.5, 0.6) is 0 Å². The summed E-state index contributed by atoms with van der Waals surface area (Å²) in [5.74, 6) is 0.353. The third-order valence-electron chi connectivity index (χ3n) is 3.07. The van der Waals surface area contributed by atoms with E-state index in [0.29, 0.717) is 29.0 Å². The predicted molar refractivity (Wildman–Crippen MR) is 69.1 cm³/mol. The quantitative estimate of drug-likeness (QED) is 0.851. The molecule has 0 saturated heterocycles. The van der Waals surface area contributed by atoms with E-state index in [1.165, 1.54) is 0 Å². The van der Waals surface area contributed by atoms with E-state index < -0.39 is 0 Å². The van der Waals surface area contributed by atoms with Crippen LogP contribution in [0.3, 0.4) is 0 Å². The molecule has 0 bridgehead atoms. The molecule has 0 radical (unpaired) electrons. The number of hydrogen-bond donors (Lipinski definition) is 1. The van der Waals surface area contributed by atoms with Crippen LogP contribution < -0.4 is 11.3 Å². The number of aryl methyl sites for hydroxylation is 3. The number of pyridine rings is 1. The number of nitrogens with two attached hydrogens (primary N) is 1. The lowest BCUT2D eigenvalue weighted by molar-refractivity contribution is 0.645. The Labute approximate surface area is 104 Å². The van der Waals surface area contributed by atoms with Gasteiger partial charge in [-0.2, -0.15) is 10.4 Å². The summed E-state index contributed by atoms with van der Waals surface area (Å²) in [6, 6.07) is 1.97. The molecular weight excluding hydrogens is 230 g/mol. The minimum atomic E-state index is -0.271. The third kappa shape index (κ3) is 1.48. The van der Waals surface area contributed by atoms with Gasteiger partial charge < -0.3 is 5.73 Å². The molecule has 6 nitrogen and oxygen atoms in total. The van der Waals surface area contributed by atoms with Gasteiger partial charge in [0, 0.05) is 13.6 Å². The van der Waals surface area contributed by atoms with E-state index in [1.807, 2.05) is 13.0 Å². The maximum atomic E-state index is 12.2. The Kier molecular flexibility index (Phi) is 2.83. The fraction of sp³-hybridized carbons (Fsp3) is 0.417. The smallest absolute Gasteiger partial charge is 0.270 e. The number of nitriles is 1. The van der Waals surface area contributed by atoms with E-state index >= 15 is 0 Å². The number of fused-ring (bicyclic) bond motifs is 1. The van der Waals surface area contributed by atoms with Crippen molar-refractivity contribution in [2.24, 2.45) is 7.05 Å². The molecule has 2 rings (SSSR count). The summed E-state index contributed by atoms with van der Waals surface area (Å²) in [4.78, 5) is 12.2. The minimum absolute atomic E-state index is 0.149. The molecule has 2 heterocycles. The van der Waals surface area contributed by atoms with Gasteiger partial charge in [-0.05, 0) is 18.9 Å². The zero-order chi connectivity index (χ0) is 13.4. The highest BCUT2D eigenvalue weighted by Gasteiger charge is 2.19. The van der Waals surface area contributed by atoms with Crippen molar-refractivity contribution in [2.75, 3.05) is 5.73 Å². The molecule has 2 aromatic heterocycles. The van der Waals surface area contributed by atoms with Crippen molar-refractivity contribution in [2.45, 2.75) is 26.8 Å². The van der Waals surface area contributed by atoms with E-state index in [4.69, 9.17) is 11.0 Å². The van der Waals surface area contributed by atoms with Crippen LogP contribution >= 0.6 is 0 Å².